The summed E-state index contributed by atoms with van der Waals surface area (Å²) in [5, 5.41) is 2.86. The summed E-state index contributed by atoms with van der Waals surface area (Å²) in [4.78, 5) is 31.9. The van der Waals surface area contributed by atoms with E-state index in [0.717, 1.165) is 19.6 Å². The van der Waals surface area contributed by atoms with Crippen LogP contribution in [0.15, 0.2) is 24.4 Å². The molecule has 7 nitrogen and oxygen atoms in total. The van der Waals surface area contributed by atoms with Gasteiger partial charge in [0.1, 0.15) is 11.3 Å². The Morgan fingerprint density at radius 3 is 2.50 bits per heavy atom. The van der Waals surface area contributed by atoms with Gasteiger partial charge in [0, 0.05) is 45.5 Å². The quantitative estimate of drug-likeness (QED) is 0.900. The third kappa shape index (κ3) is 5.81. The second kappa shape index (κ2) is 8.10. The Morgan fingerprint density at radius 2 is 1.92 bits per heavy atom. The minimum atomic E-state index is -0.468. The van der Waals surface area contributed by atoms with Gasteiger partial charge in [-0.3, -0.25) is 14.7 Å². The smallest absolute Gasteiger partial charge is 0.410 e. The zero-order valence-electron chi connectivity index (χ0n) is 14.6. The van der Waals surface area contributed by atoms with Gasteiger partial charge in [-0.05, 0) is 32.9 Å². The van der Waals surface area contributed by atoms with Crippen molar-refractivity contribution < 1.29 is 14.3 Å². The first-order valence-corrected chi connectivity index (χ1v) is 8.25. The van der Waals surface area contributed by atoms with Gasteiger partial charge in [0.05, 0.1) is 0 Å². The van der Waals surface area contributed by atoms with E-state index in [2.05, 4.69) is 15.2 Å². The van der Waals surface area contributed by atoms with E-state index in [0.29, 0.717) is 25.3 Å². The highest BCUT2D eigenvalue weighted by molar-refractivity contribution is 5.92. The van der Waals surface area contributed by atoms with Crippen molar-refractivity contribution in [1.29, 1.82) is 0 Å². The van der Waals surface area contributed by atoms with Crippen LogP contribution >= 0.6 is 0 Å². The molecule has 1 aliphatic heterocycles. The zero-order chi connectivity index (χ0) is 17.6. The number of pyridine rings is 1. The lowest BCUT2D eigenvalue weighted by molar-refractivity contribution is 0.0147. The van der Waals surface area contributed by atoms with Gasteiger partial charge in [-0.1, -0.05) is 6.07 Å². The molecule has 1 aromatic heterocycles. The number of hydrogen-bond donors (Lipinski definition) is 1. The summed E-state index contributed by atoms with van der Waals surface area (Å²) in [7, 11) is 0. The second-order valence-corrected chi connectivity index (χ2v) is 6.78. The second-order valence-electron chi connectivity index (χ2n) is 6.78. The van der Waals surface area contributed by atoms with Crippen molar-refractivity contribution in [3.63, 3.8) is 0 Å². The van der Waals surface area contributed by atoms with Gasteiger partial charge in [-0.2, -0.15) is 0 Å². The van der Waals surface area contributed by atoms with E-state index in [9.17, 15) is 9.59 Å². The van der Waals surface area contributed by atoms with E-state index in [-0.39, 0.29) is 12.0 Å². The molecule has 2 rings (SSSR count). The van der Waals surface area contributed by atoms with Gasteiger partial charge in [-0.15, -0.1) is 0 Å². The van der Waals surface area contributed by atoms with Crippen LogP contribution in [-0.4, -0.2) is 71.7 Å². The van der Waals surface area contributed by atoms with Crippen molar-refractivity contribution in [2.45, 2.75) is 26.4 Å². The molecule has 0 spiro atoms. The van der Waals surface area contributed by atoms with Crippen molar-refractivity contribution in [3.8, 4) is 0 Å². The third-order valence-electron chi connectivity index (χ3n) is 3.64. The number of ether oxygens (including phenoxy) is 1. The molecule has 0 saturated carbocycles. The number of hydrogen-bond acceptors (Lipinski definition) is 5. The number of aromatic nitrogens is 1. The first-order chi connectivity index (χ1) is 11.3. The molecular formula is C17H26N4O3. The molecule has 1 N–H and O–H groups in total. The van der Waals surface area contributed by atoms with Gasteiger partial charge in [0.2, 0.25) is 0 Å². The number of amides is 2. The molecule has 0 radical (unpaired) electrons. The van der Waals surface area contributed by atoms with E-state index < -0.39 is 5.60 Å². The van der Waals surface area contributed by atoms with Crippen LogP contribution in [0.25, 0.3) is 0 Å². The van der Waals surface area contributed by atoms with Crippen LogP contribution in [0.3, 0.4) is 0 Å². The van der Waals surface area contributed by atoms with Crippen molar-refractivity contribution >= 4 is 12.0 Å². The van der Waals surface area contributed by atoms with Crippen LogP contribution in [0, 0.1) is 0 Å². The van der Waals surface area contributed by atoms with Crippen molar-refractivity contribution in [3.05, 3.63) is 30.1 Å². The van der Waals surface area contributed by atoms with Crippen LogP contribution in [-0.2, 0) is 4.74 Å². The van der Waals surface area contributed by atoms with Crippen LogP contribution in [0.2, 0.25) is 0 Å². The average molecular weight is 334 g/mol. The van der Waals surface area contributed by atoms with Gasteiger partial charge in [-0.25, -0.2) is 4.79 Å². The molecule has 1 aromatic rings. The number of rotatable bonds is 4. The number of carbonyl (C=O) groups excluding carboxylic acids is 2. The number of piperazine rings is 1. The lowest BCUT2D eigenvalue weighted by atomic mass is 10.2. The number of carbonyl (C=O) groups is 2. The highest BCUT2D eigenvalue weighted by atomic mass is 16.6. The molecule has 24 heavy (non-hydrogen) atoms. The maximum absolute atomic E-state index is 12.0. The first-order valence-electron chi connectivity index (χ1n) is 8.25. The molecule has 132 valence electrons. The lowest BCUT2D eigenvalue weighted by Gasteiger charge is -2.35. The molecule has 2 amide bonds. The van der Waals surface area contributed by atoms with E-state index in [1.807, 2.05) is 20.8 Å². The maximum Gasteiger partial charge on any atom is 0.410 e. The highest BCUT2D eigenvalue weighted by Gasteiger charge is 2.25. The fourth-order valence-corrected chi connectivity index (χ4v) is 2.40. The monoisotopic (exact) mass is 334 g/mol. The predicted molar refractivity (Wildman–Crippen MR) is 90.8 cm³/mol. The number of nitrogens with one attached hydrogen (secondary N) is 1. The summed E-state index contributed by atoms with van der Waals surface area (Å²) in [5.74, 6) is -0.164. The molecule has 0 bridgehead atoms. The van der Waals surface area contributed by atoms with Crippen LogP contribution in [0.4, 0.5) is 4.79 Å². The van der Waals surface area contributed by atoms with Crippen molar-refractivity contribution in [2.75, 3.05) is 39.3 Å². The van der Waals surface area contributed by atoms with Gasteiger partial charge < -0.3 is 15.0 Å². The molecule has 7 heteroatoms. The Hall–Kier alpha value is -2.15. The predicted octanol–water partition coefficient (Wildman–Crippen LogP) is 1.36. The minimum absolute atomic E-state index is 0.164. The summed E-state index contributed by atoms with van der Waals surface area (Å²) >= 11 is 0. The number of nitrogens with zero attached hydrogens (tertiary/aromatic N) is 3. The van der Waals surface area contributed by atoms with Crippen molar-refractivity contribution in [1.82, 2.24) is 20.1 Å². The van der Waals surface area contributed by atoms with Gasteiger partial charge in [0.15, 0.2) is 0 Å². The van der Waals surface area contributed by atoms with Crippen molar-refractivity contribution in [2.24, 2.45) is 0 Å². The molecule has 2 heterocycles. The fourth-order valence-electron chi connectivity index (χ4n) is 2.40. The molecule has 1 fully saturated rings. The van der Waals surface area contributed by atoms with E-state index in [1.165, 1.54) is 0 Å². The summed E-state index contributed by atoms with van der Waals surface area (Å²) in [6.45, 7) is 9.74. The first kappa shape index (κ1) is 18.2. The maximum atomic E-state index is 12.0. The zero-order valence-corrected chi connectivity index (χ0v) is 14.6. The normalized spacial score (nSPS) is 15.9. The van der Waals surface area contributed by atoms with Crippen LogP contribution < -0.4 is 5.32 Å². The third-order valence-corrected chi connectivity index (χ3v) is 3.64. The fraction of sp³-hybridized carbons (Fsp3) is 0.588. The van der Waals surface area contributed by atoms with E-state index >= 15 is 0 Å². The van der Waals surface area contributed by atoms with E-state index in [4.69, 9.17) is 4.74 Å². The summed E-state index contributed by atoms with van der Waals surface area (Å²) < 4.78 is 5.38. The molecular weight excluding hydrogens is 308 g/mol. The highest BCUT2D eigenvalue weighted by Crippen LogP contribution is 2.11. The van der Waals surface area contributed by atoms with E-state index in [1.54, 1.807) is 29.3 Å². The lowest BCUT2D eigenvalue weighted by Crippen LogP contribution is -2.51. The van der Waals surface area contributed by atoms with Gasteiger partial charge in [0.25, 0.3) is 5.91 Å². The minimum Gasteiger partial charge on any atom is -0.444 e. The molecule has 0 unspecified atom stereocenters. The van der Waals surface area contributed by atoms with Gasteiger partial charge >= 0.3 is 6.09 Å². The Labute approximate surface area is 143 Å². The molecule has 1 saturated heterocycles. The SMILES string of the molecule is CC(C)(C)OC(=O)N1CCN(CCNC(=O)c2ccccn2)CC1. The van der Waals surface area contributed by atoms with Crippen LogP contribution in [0.1, 0.15) is 31.3 Å². The topological polar surface area (TPSA) is 74.8 Å². The standard InChI is InChI=1S/C17H26N4O3/c1-17(2,3)24-16(23)21-12-10-20(11-13-21)9-8-19-15(22)14-6-4-5-7-18-14/h4-7H,8-13H2,1-3H3,(H,19,22). The molecule has 1 aliphatic rings. The Balaban J connectivity index is 1.66. The van der Waals surface area contributed by atoms with Crippen LogP contribution in [0.5, 0.6) is 0 Å². The summed E-state index contributed by atoms with van der Waals surface area (Å²) in [5.41, 5.74) is -0.0449. The molecule has 0 aliphatic carbocycles. The molecule has 0 aromatic carbocycles. The molecule has 0 atom stereocenters. The largest absolute Gasteiger partial charge is 0.444 e. The average Bonchev–Trinajstić information content (AvgIpc) is 2.54. The Bertz CT molecular complexity index is 549. The Kier molecular flexibility index (Phi) is 6.14. The summed E-state index contributed by atoms with van der Waals surface area (Å²) in [6.07, 6.45) is 1.34. The Morgan fingerprint density at radius 1 is 1.21 bits per heavy atom. The summed E-state index contributed by atoms with van der Waals surface area (Å²) in [6, 6.07) is 5.26.